The normalized spacial score (nSPS) is 14.5. The van der Waals surface area contributed by atoms with E-state index in [1.807, 2.05) is 22.7 Å². The molecule has 0 fully saturated rings. The van der Waals surface area contributed by atoms with Crippen molar-refractivity contribution in [1.29, 1.82) is 0 Å². The van der Waals surface area contributed by atoms with Crippen molar-refractivity contribution in [3.63, 3.8) is 0 Å². The van der Waals surface area contributed by atoms with E-state index in [0.717, 1.165) is 6.42 Å². The Bertz CT molecular complexity index is 613. The Morgan fingerprint density at radius 2 is 1.45 bits per heavy atom. The molecule has 2 heteroatoms. The lowest BCUT2D eigenvalue weighted by Gasteiger charge is -2.25. The number of rotatable bonds is 8. The highest BCUT2D eigenvalue weighted by Crippen LogP contribution is 2.55. The van der Waals surface area contributed by atoms with Crippen LogP contribution >= 0.6 is 22.7 Å². The van der Waals surface area contributed by atoms with E-state index in [9.17, 15) is 0 Å². The van der Waals surface area contributed by atoms with Crippen LogP contribution < -0.4 is 0 Å². The van der Waals surface area contributed by atoms with Gasteiger partial charge in [0.25, 0.3) is 0 Å². The first-order valence-corrected chi connectivity index (χ1v) is 10.1. The average molecular weight is 329 g/mol. The van der Waals surface area contributed by atoms with E-state index in [1.165, 1.54) is 54.7 Å². The van der Waals surface area contributed by atoms with Crippen molar-refractivity contribution in [3.05, 3.63) is 34.0 Å². The van der Waals surface area contributed by atoms with Gasteiger partial charge in [-0.2, -0.15) is 0 Å². The molecule has 0 unspecified atom stereocenters. The smallest absolute Gasteiger partial charge is 0.0486 e. The molecule has 1 aliphatic rings. The summed E-state index contributed by atoms with van der Waals surface area (Å²) in [5, 5.41) is 4.52. The number of terminal acetylenes is 1. The van der Waals surface area contributed by atoms with E-state index in [4.69, 9.17) is 6.42 Å². The highest BCUT2D eigenvalue weighted by molar-refractivity contribution is 7.21. The second-order valence-corrected chi connectivity index (χ2v) is 8.32. The molecule has 3 rings (SSSR count). The zero-order valence-corrected chi connectivity index (χ0v) is 15.0. The third-order valence-corrected chi connectivity index (χ3v) is 6.97. The molecule has 2 heterocycles. The summed E-state index contributed by atoms with van der Waals surface area (Å²) in [6, 6.07) is 4.71. The van der Waals surface area contributed by atoms with Gasteiger partial charge in [-0.05, 0) is 46.9 Å². The molecule has 0 saturated carbocycles. The van der Waals surface area contributed by atoms with Crippen LogP contribution in [0.15, 0.2) is 22.9 Å². The van der Waals surface area contributed by atoms with Crippen molar-refractivity contribution in [1.82, 2.24) is 0 Å². The lowest BCUT2D eigenvalue weighted by Crippen LogP contribution is -2.19. The first-order chi connectivity index (χ1) is 10.8. The van der Waals surface area contributed by atoms with E-state index >= 15 is 0 Å². The van der Waals surface area contributed by atoms with E-state index in [-0.39, 0.29) is 5.41 Å². The maximum absolute atomic E-state index is 5.29. The summed E-state index contributed by atoms with van der Waals surface area (Å²) in [6.07, 6.45) is 15.4. The molecular formula is C20H24S2. The summed E-state index contributed by atoms with van der Waals surface area (Å²) in [7, 11) is 0. The largest absolute Gasteiger partial charge is 0.143 e. The minimum atomic E-state index is 0.258. The van der Waals surface area contributed by atoms with Crippen molar-refractivity contribution in [3.8, 4) is 22.1 Å². The van der Waals surface area contributed by atoms with Gasteiger partial charge in [-0.25, -0.2) is 0 Å². The predicted molar refractivity (Wildman–Crippen MR) is 99.9 cm³/mol. The number of fused-ring (bicyclic) bond motifs is 3. The Hall–Kier alpha value is -1.04. The van der Waals surface area contributed by atoms with Crippen LogP contribution in [0.1, 0.15) is 69.4 Å². The zero-order chi connectivity index (χ0) is 15.4. The van der Waals surface area contributed by atoms with Gasteiger partial charge in [0, 0.05) is 21.6 Å². The fourth-order valence-electron chi connectivity index (χ4n) is 3.67. The number of hydrogen-bond donors (Lipinski definition) is 0. The SMILES string of the molecule is C#CCCCCCCCCC1(C)c2ccsc2-c2sccc21. The number of unbranched alkanes of at least 4 members (excludes halogenated alkanes) is 6. The van der Waals surface area contributed by atoms with Crippen molar-refractivity contribution in [2.75, 3.05) is 0 Å². The van der Waals surface area contributed by atoms with Gasteiger partial charge in [0.05, 0.1) is 0 Å². The third-order valence-electron chi connectivity index (χ3n) is 4.97. The monoisotopic (exact) mass is 328 g/mol. The van der Waals surface area contributed by atoms with Gasteiger partial charge in [-0.3, -0.25) is 0 Å². The molecule has 0 radical (unpaired) electrons. The fourth-order valence-corrected chi connectivity index (χ4v) is 5.91. The molecule has 0 atom stereocenters. The molecule has 0 amide bonds. The Kier molecular flexibility index (Phi) is 5.06. The van der Waals surface area contributed by atoms with E-state index in [0.29, 0.717) is 0 Å². The van der Waals surface area contributed by atoms with E-state index < -0.39 is 0 Å². The molecule has 1 aliphatic carbocycles. The average Bonchev–Trinajstić information content (AvgIpc) is 3.20. The number of thiophene rings is 2. The van der Waals surface area contributed by atoms with Crippen LogP contribution in [0.3, 0.4) is 0 Å². The minimum Gasteiger partial charge on any atom is -0.143 e. The summed E-state index contributed by atoms with van der Waals surface area (Å²) in [5.41, 5.74) is 3.41. The van der Waals surface area contributed by atoms with Gasteiger partial charge >= 0.3 is 0 Å². The first kappa shape index (κ1) is 15.8. The molecule has 22 heavy (non-hydrogen) atoms. The topological polar surface area (TPSA) is 0 Å². The Balaban J connectivity index is 1.52. The Labute approximate surface area is 142 Å². The highest BCUT2D eigenvalue weighted by Gasteiger charge is 2.40. The molecule has 0 aromatic carbocycles. The quantitative estimate of drug-likeness (QED) is 0.367. The summed E-state index contributed by atoms with van der Waals surface area (Å²) in [6.45, 7) is 2.45. The van der Waals surface area contributed by atoms with Crippen LogP contribution in [0.4, 0.5) is 0 Å². The van der Waals surface area contributed by atoms with E-state index in [1.54, 1.807) is 11.1 Å². The molecule has 2 aromatic rings. The van der Waals surface area contributed by atoms with Gasteiger partial charge in [0.2, 0.25) is 0 Å². The molecule has 0 N–H and O–H groups in total. The van der Waals surface area contributed by atoms with Gasteiger partial charge in [-0.1, -0.05) is 39.0 Å². The van der Waals surface area contributed by atoms with Gasteiger partial charge in [0.1, 0.15) is 0 Å². The zero-order valence-electron chi connectivity index (χ0n) is 13.4. The molecular weight excluding hydrogens is 304 g/mol. The van der Waals surface area contributed by atoms with Crippen molar-refractivity contribution in [2.24, 2.45) is 0 Å². The van der Waals surface area contributed by atoms with Crippen molar-refractivity contribution < 1.29 is 0 Å². The second kappa shape index (κ2) is 7.02. The molecule has 116 valence electrons. The van der Waals surface area contributed by atoms with Gasteiger partial charge in [0.15, 0.2) is 0 Å². The molecule has 2 aromatic heterocycles. The van der Waals surface area contributed by atoms with Crippen LogP contribution in [-0.4, -0.2) is 0 Å². The van der Waals surface area contributed by atoms with Crippen LogP contribution in [0, 0.1) is 12.3 Å². The molecule has 0 saturated heterocycles. The van der Waals surface area contributed by atoms with Crippen LogP contribution in [0.5, 0.6) is 0 Å². The maximum Gasteiger partial charge on any atom is 0.0486 e. The highest BCUT2D eigenvalue weighted by atomic mass is 32.1. The summed E-state index contributed by atoms with van der Waals surface area (Å²) < 4.78 is 0. The summed E-state index contributed by atoms with van der Waals surface area (Å²) in [5.74, 6) is 2.73. The van der Waals surface area contributed by atoms with Gasteiger partial charge < -0.3 is 0 Å². The number of hydrogen-bond acceptors (Lipinski definition) is 2. The Morgan fingerprint density at radius 1 is 0.909 bits per heavy atom. The minimum absolute atomic E-state index is 0.258. The molecule has 0 aliphatic heterocycles. The van der Waals surface area contributed by atoms with Crippen LogP contribution in [0.2, 0.25) is 0 Å². The summed E-state index contributed by atoms with van der Waals surface area (Å²) >= 11 is 3.82. The third kappa shape index (κ3) is 2.90. The Morgan fingerprint density at radius 3 is 2.05 bits per heavy atom. The maximum atomic E-state index is 5.29. The fraction of sp³-hybridized carbons (Fsp3) is 0.500. The standard InChI is InChI=1S/C20H24S2/c1-3-4-5-6-7-8-9-10-13-20(2)16-11-14-21-18(16)19-17(20)12-15-22-19/h1,11-12,14-15H,4-10,13H2,2H3. The first-order valence-electron chi connectivity index (χ1n) is 8.37. The second-order valence-electron chi connectivity index (χ2n) is 6.48. The summed E-state index contributed by atoms with van der Waals surface area (Å²) in [4.78, 5) is 3.06. The lowest BCUT2D eigenvalue weighted by molar-refractivity contribution is 0.481. The van der Waals surface area contributed by atoms with Crippen LogP contribution in [-0.2, 0) is 5.41 Å². The lowest BCUT2D eigenvalue weighted by atomic mass is 9.77. The molecule has 0 bridgehead atoms. The van der Waals surface area contributed by atoms with Crippen molar-refractivity contribution >= 4 is 22.7 Å². The van der Waals surface area contributed by atoms with Crippen LogP contribution in [0.25, 0.3) is 9.75 Å². The van der Waals surface area contributed by atoms with Gasteiger partial charge in [-0.15, -0.1) is 35.0 Å². The molecule has 0 nitrogen and oxygen atoms in total. The molecule has 0 spiro atoms. The van der Waals surface area contributed by atoms with E-state index in [2.05, 4.69) is 35.7 Å². The van der Waals surface area contributed by atoms with Crippen molar-refractivity contribution in [2.45, 2.75) is 63.7 Å². The predicted octanol–water partition coefficient (Wildman–Crippen LogP) is 6.85.